The first kappa shape index (κ1) is 15.7. The molecule has 0 rings (SSSR count). The SMILES string of the molecule is O=S(=O)(O)OCOCC(F)(F)F.[LiH]. The summed E-state index contributed by atoms with van der Waals surface area (Å²) in [5.41, 5.74) is 0. The predicted molar refractivity (Wildman–Crippen MR) is 36.7 cm³/mol. The first-order valence-electron chi connectivity index (χ1n) is 2.47. The molecule has 1 N–H and O–H groups in total. The van der Waals surface area contributed by atoms with Crippen molar-refractivity contribution in [1.82, 2.24) is 0 Å². The van der Waals surface area contributed by atoms with E-state index >= 15 is 0 Å². The monoisotopic (exact) mass is 218 g/mol. The van der Waals surface area contributed by atoms with Crippen LogP contribution in [0, 0.1) is 0 Å². The molecule has 0 saturated carbocycles. The van der Waals surface area contributed by atoms with Gasteiger partial charge in [-0.3, -0.25) is 4.55 Å². The van der Waals surface area contributed by atoms with Gasteiger partial charge in [0.2, 0.25) is 0 Å². The molecule has 76 valence electrons. The summed E-state index contributed by atoms with van der Waals surface area (Å²) in [5, 5.41) is 0. The molecule has 5 nitrogen and oxygen atoms in total. The zero-order valence-corrected chi connectivity index (χ0v) is 6.35. The Kier molecular flexibility index (Phi) is 7.05. The van der Waals surface area contributed by atoms with Crippen LogP contribution in [-0.4, -0.2) is 51.4 Å². The molecule has 0 radical (unpaired) electrons. The van der Waals surface area contributed by atoms with E-state index in [0.717, 1.165) is 0 Å². The maximum absolute atomic E-state index is 11.3. The van der Waals surface area contributed by atoms with Gasteiger partial charge in [0, 0.05) is 0 Å². The molecule has 0 saturated heterocycles. The zero-order chi connectivity index (χ0) is 9.83. The van der Waals surface area contributed by atoms with Gasteiger partial charge in [0.1, 0.15) is 6.61 Å². The van der Waals surface area contributed by atoms with Gasteiger partial charge < -0.3 is 4.74 Å². The van der Waals surface area contributed by atoms with E-state index in [9.17, 15) is 21.6 Å². The fraction of sp³-hybridized carbons (Fsp3) is 1.00. The van der Waals surface area contributed by atoms with Crippen molar-refractivity contribution < 1.29 is 35.1 Å². The van der Waals surface area contributed by atoms with Crippen LogP contribution < -0.4 is 0 Å². The van der Waals surface area contributed by atoms with Crippen LogP contribution in [0.15, 0.2) is 0 Å². The summed E-state index contributed by atoms with van der Waals surface area (Å²) >= 11 is 0. The van der Waals surface area contributed by atoms with Crippen molar-refractivity contribution in [3.05, 3.63) is 0 Å². The van der Waals surface area contributed by atoms with E-state index in [1.807, 2.05) is 0 Å². The number of alkyl halides is 3. The van der Waals surface area contributed by atoms with Crippen molar-refractivity contribution >= 4 is 29.3 Å². The summed E-state index contributed by atoms with van der Waals surface area (Å²) in [4.78, 5) is 0. The number of halogens is 3. The van der Waals surface area contributed by atoms with Gasteiger partial charge in [0.25, 0.3) is 0 Å². The maximum atomic E-state index is 11.3. The molecule has 0 heterocycles. The van der Waals surface area contributed by atoms with Crippen LogP contribution in [-0.2, 0) is 19.3 Å². The topological polar surface area (TPSA) is 72.8 Å². The molecule has 0 amide bonds. The average Bonchev–Trinajstić information content (AvgIpc) is 1.76. The first-order valence-corrected chi connectivity index (χ1v) is 3.83. The number of hydrogen-bond acceptors (Lipinski definition) is 4. The van der Waals surface area contributed by atoms with E-state index in [1.165, 1.54) is 0 Å². The van der Waals surface area contributed by atoms with Crippen molar-refractivity contribution in [3.63, 3.8) is 0 Å². The van der Waals surface area contributed by atoms with Gasteiger partial charge >= 0.3 is 35.4 Å². The normalized spacial score (nSPS) is 12.3. The molecule has 0 aliphatic heterocycles. The third-order valence-electron chi connectivity index (χ3n) is 0.546. The van der Waals surface area contributed by atoms with Crippen molar-refractivity contribution in [1.29, 1.82) is 0 Å². The summed E-state index contributed by atoms with van der Waals surface area (Å²) in [7, 11) is -4.73. The van der Waals surface area contributed by atoms with Crippen molar-refractivity contribution in [2.75, 3.05) is 13.4 Å². The molecule has 0 fully saturated rings. The molecular formula is C3H6F3LiO5S. The second kappa shape index (κ2) is 5.85. The van der Waals surface area contributed by atoms with Gasteiger partial charge in [-0.2, -0.15) is 21.6 Å². The summed E-state index contributed by atoms with van der Waals surface area (Å²) in [6, 6.07) is 0. The quantitative estimate of drug-likeness (QED) is 0.303. The standard InChI is InChI=1S/C3H5F3O5S.Li.H/c4-3(5,6)1-10-2-11-12(7,8)9;;/h1-2H2,(H,7,8,9);;. The second-order valence-electron chi connectivity index (χ2n) is 1.63. The molecule has 13 heavy (non-hydrogen) atoms. The Morgan fingerprint density at radius 3 is 2.08 bits per heavy atom. The van der Waals surface area contributed by atoms with Crippen molar-refractivity contribution in [3.8, 4) is 0 Å². The Morgan fingerprint density at radius 1 is 1.31 bits per heavy atom. The summed E-state index contributed by atoms with van der Waals surface area (Å²) < 4.78 is 68.3. The van der Waals surface area contributed by atoms with Crippen LogP contribution in [0.4, 0.5) is 13.2 Å². The molecule has 0 spiro atoms. The van der Waals surface area contributed by atoms with Gasteiger partial charge in [-0.1, -0.05) is 0 Å². The number of ether oxygens (including phenoxy) is 1. The zero-order valence-electron chi connectivity index (χ0n) is 5.54. The van der Waals surface area contributed by atoms with Gasteiger partial charge in [-0.25, -0.2) is 4.18 Å². The Labute approximate surface area is 84.3 Å². The average molecular weight is 218 g/mol. The van der Waals surface area contributed by atoms with Gasteiger partial charge in [0.15, 0.2) is 6.79 Å². The minimum absolute atomic E-state index is 0. The van der Waals surface area contributed by atoms with Gasteiger partial charge in [-0.05, 0) is 0 Å². The van der Waals surface area contributed by atoms with Crippen molar-refractivity contribution in [2.24, 2.45) is 0 Å². The second-order valence-corrected chi connectivity index (χ2v) is 2.72. The predicted octanol–water partition coefficient (Wildman–Crippen LogP) is -0.306. The van der Waals surface area contributed by atoms with E-state index < -0.39 is 30.0 Å². The Morgan fingerprint density at radius 2 is 1.77 bits per heavy atom. The van der Waals surface area contributed by atoms with Crippen LogP contribution in [0.25, 0.3) is 0 Å². The van der Waals surface area contributed by atoms with Crippen LogP contribution in [0.3, 0.4) is 0 Å². The molecule has 0 aromatic carbocycles. The molecule has 0 unspecified atom stereocenters. The third kappa shape index (κ3) is 15.0. The third-order valence-corrected chi connectivity index (χ3v) is 0.940. The first-order chi connectivity index (χ1) is 5.21. The Bertz CT molecular complexity index is 224. The minimum atomic E-state index is -4.73. The molecule has 0 atom stereocenters. The summed E-state index contributed by atoms with van der Waals surface area (Å²) in [5.74, 6) is 0. The van der Waals surface area contributed by atoms with Gasteiger partial charge in [0.05, 0.1) is 0 Å². The Hall–Kier alpha value is 0.217. The van der Waals surface area contributed by atoms with Crippen molar-refractivity contribution in [2.45, 2.75) is 6.18 Å². The fourth-order valence-corrected chi connectivity index (χ4v) is 0.442. The summed E-state index contributed by atoms with van der Waals surface area (Å²) in [6.07, 6.45) is -4.55. The summed E-state index contributed by atoms with van der Waals surface area (Å²) in [6.45, 7) is -2.80. The molecule has 0 aliphatic rings. The van der Waals surface area contributed by atoms with Crippen LogP contribution in [0.5, 0.6) is 0 Å². The van der Waals surface area contributed by atoms with E-state index in [2.05, 4.69) is 8.92 Å². The van der Waals surface area contributed by atoms with E-state index in [4.69, 9.17) is 4.55 Å². The number of rotatable bonds is 4. The molecule has 0 aromatic rings. The Balaban J connectivity index is 0. The fourth-order valence-electron chi connectivity index (χ4n) is 0.252. The van der Waals surface area contributed by atoms with Crippen LogP contribution >= 0.6 is 0 Å². The van der Waals surface area contributed by atoms with E-state index in [1.54, 1.807) is 0 Å². The van der Waals surface area contributed by atoms with Crippen LogP contribution in [0.1, 0.15) is 0 Å². The molecule has 10 heteroatoms. The molecule has 0 aromatic heterocycles. The molecule has 0 bridgehead atoms. The van der Waals surface area contributed by atoms with E-state index in [0.29, 0.717) is 0 Å². The van der Waals surface area contributed by atoms with Gasteiger partial charge in [-0.15, -0.1) is 0 Å². The van der Waals surface area contributed by atoms with E-state index in [-0.39, 0.29) is 18.9 Å². The molecular weight excluding hydrogens is 212 g/mol. The number of hydrogen-bond donors (Lipinski definition) is 1. The van der Waals surface area contributed by atoms with Crippen LogP contribution in [0.2, 0.25) is 0 Å². The molecule has 0 aliphatic carbocycles.